The molecule has 92 valence electrons. The van der Waals surface area contributed by atoms with Crippen molar-refractivity contribution in [3.63, 3.8) is 0 Å². The van der Waals surface area contributed by atoms with Crippen molar-refractivity contribution >= 4 is 33.0 Å². The van der Waals surface area contributed by atoms with Crippen LogP contribution in [0.3, 0.4) is 0 Å². The van der Waals surface area contributed by atoms with Crippen LogP contribution >= 0.6 is 22.9 Å². The van der Waals surface area contributed by atoms with Gasteiger partial charge in [0.2, 0.25) is 0 Å². The molecule has 0 saturated heterocycles. The minimum Gasteiger partial charge on any atom is -0.308 e. The third-order valence-corrected chi connectivity index (χ3v) is 4.88. The van der Waals surface area contributed by atoms with Crippen molar-refractivity contribution in [3.05, 3.63) is 10.7 Å². The summed E-state index contributed by atoms with van der Waals surface area (Å²) in [5, 5.41) is 0. The molecule has 0 aromatic carbocycles. The summed E-state index contributed by atoms with van der Waals surface area (Å²) in [4.78, 5) is 5.62. The zero-order valence-corrected chi connectivity index (χ0v) is 11.7. The maximum absolute atomic E-state index is 11.8. The van der Waals surface area contributed by atoms with E-state index in [9.17, 15) is 8.42 Å². The van der Waals surface area contributed by atoms with Crippen LogP contribution in [0.15, 0.2) is 10.4 Å². The van der Waals surface area contributed by atoms with Gasteiger partial charge in [-0.15, -0.1) is 0 Å². The van der Waals surface area contributed by atoms with E-state index in [4.69, 9.17) is 11.6 Å². The van der Waals surface area contributed by atoms with Gasteiger partial charge >= 0.3 is 0 Å². The SMILES string of the molecule is CC(CN(C)C)NS(=O)(=O)c1cnc(Cl)s1. The molecule has 1 unspecified atom stereocenters. The Kier molecular flexibility index (Phi) is 4.69. The molecule has 1 heterocycles. The fourth-order valence-corrected chi connectivity index (χ4v) is 3.82. The Morgan fingerprint density at radius 3 is 2.69 bits per heavy atom. The molecule has 8 heteroatoms. The molecule has 0 aliphatic rings. The zero-order valence-electron chi connectivity index (χ0n) is 9.27. The van der Waals surface area contributed by atoms with Crippen LogP contribution in [0.2, 0.25) is 4.47 Å². The van der Waals surface area contributed by atoms with E-state index in [1.165, 1.54) is 6.20 Å². The minimum absolute atomic E-state index is 0.142. The van der Waals surface area contributed by atoms with Crippen LogP contribution in [0, 0.1) is 0 Å². The summed E-state index contributed by atoms with van der Waals surface area (Å²) >= 11 is 6.54. The fraction of sp³-hybridized carbons (Fsp3) is 0.625. The second-order valence-corrected chi connectivity index (χ2v) is 7.27. The average molecular weight is 284 g/mol. The van der Waals surface area contributed by atoms with Crippen molar-refractivity contribution in [2.75, 3.05) is 20.6 Å². The molecule has 0 fully saturated rings. The first-order valence-electron chi connectivity index (χ1n) is 4.59. The van der Waals surface area contributed by atoms with Gasteiger partial charge in [-0.05, 0) is 21.0 Å². The fourth-order valence-electron chi connectivity index (χ4n) is 1.27. The van der Waals surface area contributed by atoms with Gasteiger partial charge in [-0.25, -0.2) is 18.1 Å². The Balaban J connectivity index is 2.73. The van der Waals surface area contributed by atoms with Crippen molar-refractivity contribution in [1.29, 1.82) is 0 Å². The number of aromatic nitrogens is 1. The third-order valence-electron chi connectivity index (χ3n) is 1.72. The Bertz CT molecular complexity index is 444. The highest BCUT2D eigenvalue weighted by Crippen LogP contribution is 2.22. The molecule has 5 nitrogen and oxygen atoms in total. The summed E-state index contributed by atoms with van der Waals surface area (Å²) < 4.78 is 26.6. The first-order chi connectivity index (χ1) is 7.31. The lowest BCUT2D eigenvalue weighted by atomic mass is 10.3. The molecular weight excluding hydrogens is 270 g/mol. The summed E-state index contributed by atoms with van der Waals surface area (Å²) in [5.74, 6) is 0. The van der Waals surface area contributed by atoms with E-state index < -0.39 is 10.0 Å². The van der Waals surface area contributed by atoms with Gasteiger partial charge in [0, 0.05) is 12.6 Å². The summed E-state index contributed by atoms with van der Waals surface area (Å²) in [6.07, 6.45) is 1.26. The van der Waals surface area contributed by atoms with Gasteiger partial charge in [0.25, 0.3) is 10.0 Å². The lowest BCUT2D eigenvalue weighted by molar-refractivity contribution is 0.370. The summed E-state index contributed by atoms with van der Waals surface area (Å²) in [5.41, 5.74) is 0. The quantitative estimate of drug-likeness (QED) is 0.877. The van der Waals surface area contributed by atoms with Crippen LogP contribution in [-0.4, -0.2) is 45.0 Å². The van der Waals surface area contributed by atoms with E-state index in [2.05, 4.69) is 9.71 Å². The molecular formula is C8H14ClN3O2S2. The Morgan fingerprint density at radius 2 is 2.25 bits per heavy atom. The first kappa shape index (κ1) is 13.9. The van der Waals surface area contributed by atoms with E-state index in [0.29, 0.717) is 6.54 Å². The van der Waals surface area contributed by atoms with Gasteiger partial charge < -0.3 is 4.90 Å². The normalized spacial score (nSPS) is 14.3. The number of likely N-dealkylation sites (N-methyl/N-ethyl adjacent to an activating group) is 1. The molecule has 0 saturated carbocycles. The molecule has 1 aromatic rings. The molecule has 0 aliphatic carbocycles. The van der Waals surface area contributed by atoms with Crippen LogP contribution in [0.25, 0.3) is 0 Å². The Morgan fingerprint density at radius 1 is 1.62 bits per heavy atom. The summed E-state index contributed by atoms with van der Waals surface area (Å²) in [6.45, 7) is 2.44. The molecule has 1 N–H and O–H groups in total. The number of nitrogens with one attached hydrogen (secondary N) is 1. The third kappa shape index (κ3) is 3.99. The number of thiazole rings is 1. The molecule has 1 atom stereocenters. The lowest BCUT2D eigenvalue weighted by Crippen LogP contribution is -2.39. The maximum atomic E-state index is 11.8. The largest absolute Gasteiger partial charge is 0.308 e. The molecule has 0 spiro atoms. The molecule has 0 amide bonds. The molecule has 1 rings (SSSR count). The predicted molar refractivity (Wildman–Crippen MR) is 65.5 cm³/mol. The van der Waals surface area contributed by atoms with Crippen molar-refractivity contribution in [2.24, 2.45) is 0 Å². The highest BCUT2D eigenvalue weighted by atomic mass is 35.5. The van der Waals surface area contributed by atoms with Gasteiger partial charge in [-0.1, -0.05) is 22.9 Å². The standard InChI is InChI=1S/C8H14ClN3O2S2/c1-6(5-12(2)3)11-16(13,14)7-4-10-8(9)15-7/h4,6,11H,5H2,1-3H3. The maximum Gasteiger partial charge on any atom is 0.251 e. The van der Waals surface area contributed by atoms with Gasteiger partial charge in [-0.3, -0.25) is 0 Å². The number of nitrogens with zero attached hydrogens (tertiary/aromatic N) is 2. The van der Waals surface area contributed by atoms with Gasteiger partial charge in [0.05, 0.1) is 6.20 Å². The molecule has 0 radical (unpaired) electrons. The van der Waals surface area contributed by atoms with E-state index in [0.717, 1.165) is 11.3 Å². The summed E-state index contributed by atoms with van der Waals surface area (Å²) in [6, 6.07) is -0.166. The highest BCUT2D eigenvalue weighted by molar-refractivity contribution is 7.91. The molecule has 16 heavy (non-hydrogen) atoms. The number of hydrogen-bond acceptors (Lipinski definition) is 5. The first-order valence-corrected chi connectivity index (χ1v) is 7.27. The van der Waals surface area contributed by atoms with Crippen LogP contribution in [0.1, 0.15) is 6.92 Å². The zero-order chi connectivity index (χ0) is 12.3. The van der Waals surface area contributed by atoms with Crippen molar-refractivity contribution in [2.45, 2.75) is 17.2 Å². The second kappa shape index (κ2) is 5.42. The van der Waals surface area contributed by atoms with E-state index in [1.807, 2.05) is 19.0 Å². The van der Waals surface area contributed by atoms with Crippen LogP contribution < -0.4 is 4.72 Å². The van der Waals surface area contributed by atoms with Crippen molar-refractivity contribution in [1.82, 2.24) is 14.6 Å². The van der Waals surface area contributed by atoms with Crippen LogP contribution in [0.5, 0.6) is 0 Å². The Hall–Kier alpha value is -0.210. The van der Waals surface area contributed by atoms with Crippen molar-refractivity contribution in [3.8, 4) is 0 Å². The topological polar surface area (TPSA) is 62.3 Å². The van der Waals surface area contributed by atoms with Crippen molar-refractivity contribution < 1.29 is 8.42 Å². The number of hydrogen-bond donors (Lipinski definition) is 1. The minimum atomic E-state index is -3.49. The molecule has 0 bridgehead atoms. The van der Waals surface area contributed by atoms with Crippen LogP contribution in [-0.2, 0) is 10.0 Å². The average Bonchev–Trinajstić information content (AvgIpc) is 2.49. The summed E-state index contributed by atoms with van der Waals surface area (Å²) in [7, 11) is 0.277. The molecule has 0 aliphatic heterocycles. The predicted octanol–water partition coefficient (Wildman–Crippen LogP) is 1.02. The number of halogens is 1. The van der Waals surface area contributed by atoms with Gasteiger partial charge in [0.15, 0.2) is 8.68 Å². The van der Waals surface area contributed by atoms with E-state index in [1.54, 1.807) is 6.92 Å². The van der Waals surface area contributed by atoms with Gasteiger partial charge in [0.1, 0.15) is 0 Å². The van der Waals surface area contributed by atoms with E-state index >= 15 is 0 Å². The highest BCUT2D eigenvalue weighted by Gasteiger charge is 2.20. The number of rotatable bonds is 5. The molecule has 1 aromatic heterocycles. The number of sulfonamides is 1. The lowest BCUT2D eigenvalue weighted by Gasteiger charge is -2.17. The Labute approximate surface area is 104 Å². The van der Waals surface area contributed by atoms with Crippen LogP contribution in [0.4, 0.5) is 0 Å². The second-order valence-electron chi connectivity index (χ2n) is 3.72. The van der Waals surface area contributed by atoms with E-state index in [-0.39, 0.29) is 14.7 Å². The smallest absolute Gasteiger partial charge is 0.251 e. The van der Waals surface area contributed by atoms with Gasteiger partial charge in [-0.2, -0.15) is 0 Å². The monoisotopic (exact) mass is 283 g/mol.